The first kappa shape index (κ1) is 27.7. The van der Waals surface area contributed by atoms with Gasteiger partial charge in [0.05, 0.1) is 26.2 Å². The van der Waals surface area contributed by atoms with E-state index in [0.717, 1.165) is 0 Å². The molecule has 0 aliphatic carbocycles. The fourth-order valence-corrected chi connectivity index (χ4v) is 2.64. The summed E-state index contributed by atoms with van der Waals surface area (Å²) in [6.07, 6.45) is 8.73. The zero-order chi connectivity index (χ0) is 16.6. The van der Waals surface area contributed by atoms with E-state index in [4.69, 9.17) is 15.0 Å². The zero-order valence-corrected chi connectivity index (χ0v) is 18.8. The van der Waals surface area contributed by atoms with E-state index >= 15 is 0 Å². The van der Waals surface area contributed by atoms with Gasteiger partial charge < -0.3 is 19.5 Å². The van der Waals surface area contributed by atoms with Crippen LogP contribution < -0.4 is 61.6 Å². The molecular formula is C17H36KNO3. The van der Waals surface area contributed by atoms with Crippen molar-refractivity contribution in [2.45, 2.75) is 79.1 Å². The van der Waals surface area contributed by atoms with E-state index in [1.54, 1.807) is 0 Å². The van der Waals surface area contributed by atoms with Crippen molar-refractivity contribution in [1.29, 1.82) is 0 Å². The Kier molecular flexibility index (Phi) is 25.1. The molecule has 22 heavy (non-hydrogen) atoms. The predicted molar refractivity (Wildman–Crippen MR) is 84.8 cm³/mol. The van der Waals surface area contributed by atoms with E-state index in [1.165, 1.54) is 82.0 Å². The number of carbonyl (C=O) groups excluding carboxylic acids is 1. The van der Waals surface area contributed by atoms with Gasteiger partial charge in [-0.3, -0.25) is 0 Å². The molecule has 0 aromatic heterocycles. The maximum absolute atomic E-state index is 8.33. The van der Waals surface area contributed by atoms with Crippen LogP contribution in [0.3, 0.4) is 0 Å². The van der Waals surface area contributed by atoms with Crippen molar-refractivity contribution in [3.05, 3.63) is 0 Å². The second kappa shape index (κ2) is 19.9. The summed E-state index contributed by atoms with van der Waals surface area (Å²) in [5, 5.41) is 16.7. The first-order valence-electron chi connectivity index (χ1n) is 8.71. The molecule has 0 fully saturated rings. The minimum atomic E-state index is -2.33. The first-order valence-corrected chi connectivity index (χ1v) is 8.71. The van der Waals surface area contributed by atoms with Crippen molar-refractivity contribution in [3.8, 4) is 0 Å². The number of hydrogen-bond acceptors (Lipinski definition) is 3. The van der Waals surface area contributed by atoms with Crippen LogP contribution in [-0.2, 0) is 0 Å². The quantitative estimate of drug-likeness (QED) is 0.357. The van der Waals surface area contributed by atoms with E-state index in [-0.39, 0.29) is 51.4 Å². The summed E-state index contributed by atoms with van der Waals surface area (Å²) < 4.78 is 1.42. The third kappa shape index (κ3) is 18.9. The van der Waals surface area contributed by atoms with E-state index in [0.29, 0.717) is 0 Å². The Morgan fingerprint density at radius 1 is 0.682 bits per heavy atom. The third-order valence-corrected chi connectivity index (χ3v) is 3.94. The summed E-state index contributed by atoms with van der Waals surface area (Å²) in [5.74, 6) is 0. The van der Waals surface area contributed by atoms with Crippen LogP contribution in [0.15, 0.2) is 0 Å². The van der Waals surface area contributed by atoms with Gasteiger partial charge in [-0.15, -0.1) is 0 Å². The molecule has 0 aromatic rings. The van der Waals surface area contributed by atoms with E-state index < -0.39 is 6.16 Å². The molecule has 5 heteroatoms. The summed E-state index contributed by atoms with van der Waals surface area (Å²) in [7, 11) is 0. The number of quaternary nitrogens is 1. The SMILES string of the molecule is CCCC[N+](CCCC)(CCCC)CCCC.O=C([O-])[O-].[K+]. The molecule has 128 valence electrons. The monoisotopic (exact) mass is 341 g/mol. The van der Waals surface area contributed by atoms with Gasteiger partial charge in [0.1, 0.15) is 0 Å². The number of hydrogen-bond donors (Lipinski definition) is 0. The van der Waals surface area contributed by atoms with Gasteiger partial charge in [-0.05, 0) is 31.8 Å². The van der Waals surface area contributed by atoms with Crippen LogP contribution in [-0.4, -0.2) is 36.8 Å². The van der Waals surface area contributed by atoms with Gasteiger partial charge in [-0.1, -0.05) is 53.4 Å². The molecule has 0 saturated heterocycles. The molecule has 0 unspecified atom stereocenters. The fraction of sp³-hybridized carbons (Fsp3) is 0.941. The predicted octanol–water partition coefficient (Wildman–Crippen LogP) is -0.439. The molecule has 0 radical (unpaired) electrons. The number of rotatable bonds is 12. The van der Waals surface area contributed by atoms with E-state index in [9.17, 15) is 0 Å². The second-order valence-electron chi connectivity index (χ2n) is 5.90. The minimum absolute atomic E-state index is 0. The summed E-state index contributed by atoms with van der Waals surface area (Å²) in [4.78, 5) is 8.33. The minimum Gasteiger partial charge on any atom is -0.652 e. The van der Waals surface area contributed by atoms with Gasteiger partial charge in [0.15, 0.2) is 0 Å². The molecule has 0 heterocycles. The molecule has 0 bridgehead atoms. The number of carboxylic acid groups (broad SMARTS) is 2. The Morgan fingerprint density at radius 3 is 1.00 bits per heavy atom. The van der Waals surface area contributed by atoms with Gasteiger partial charge >= 0.3 is 51.4 Å². The van der Waals surface area contributed by atoms with Gasteiger partial charge in [0.25, 0.3) is 0 Å². The summed E-state index contributed by atoms with van der Waals surface area (Å²) in [5.41, 5.74) is 0. The van der Waals surface area contributed by atoms with E-state index in [2.05, 4.69) is 27.7 Å². The van der Waals surface area contributed by atoms with Gasteiger partial charge in [-0.25, -0.2) is 0 Å². The average Bonchev–Trinajstić information content (AvgIpc) is 2.45. The fourth-order valence-electron chi connectivity index (χ4n) is 2.64. The molecule has 0 amide bonds. The second-order valence-corrected chi connectivity index (χ2v) is 5.90. The molecule has 0 N–H and O–H groups in total. The standard InChI is InChI=1S/C16H36N.CH2O3.K/c1-5-9-13-17(14-10-6-2,15-11-7-3)16-12-8-4;2-1(3)4;/h5-16H2,1-4H3;(H2,2,3,4);/q+1;;+1/p-2. The third-order valence-electron chi connectivity index (χ3n) is 3.94. The Labute approximate surface area is 180 Å². The summed E-state index contributed by atoms with van der Waals surface area (Å²) >= 11 is 0. The van der Waals surface area contributed by atoms with Crippen molar-refractivity contribution >= 4 is 6.16 Å². The molecule has 0 aromatic carbocycles. The van der Waals surface area contributed by atoms with Crippen molar-refractivity contribution < 1.29 is 70.9 Å². The Hall–Kier alpha value is 0.866. The Balaban J connectivity index is -0.000000640. The largest absolute Gasteiger partial charge is 1.00 e. The van der Waals surface area contributed by atoms with Crippen LogP contribution in [0.1, 0.15) is 79.1 Å². The van der Waals surface area contributed by atoms with E-state index in [1.807, 2.05) is 0 Å². The number of carbonyl (C=O) groups is 1. The molecule has 0 saturated carbocycles. The van der Waals surface area contributed by atoms with Crippen LogP contribution in [0.2, 0.25) is 0 Å². The maximum Gasteiger partial charge on any atom is 1.00 e. The Bertz CT molecular complexity index is 196. The van der Waals surface area contributed by atoms with Crippen molar-refractivity contribution in [1.82, 2.24) is 0 Å². The van der Waals surface area contributed by atoms with Crippen LogP contribution in [0.25, 0.3) is 0 Å². The number of nitrogens with zero attached hydrogens (tertiary/aromatic N) is 1. The molecule has 0 spiro atoms. The molecular weight excluding hydrogens is 305 g/mol. The Morgan fingerprint density at radius 2 is 0.864 bits per heavy atom. The normalized spacial score (nSPS) is 10.4. The van der Waals surface area contributed by atoms with Crippen molar-refractivity contribution in [2.75, 3.05) is 26.2 Å². The molecule has 0 aliphatic rings. The van der Waals surface area contributed by atoms with Crippen molar-refractivity contribution in [3.63, 3.8) is 0 Å². The van der Waals surface area contributed by atoms with Gasteiger partial charge in [0, 0.05) is 0 Å². The zero-order valence-electron chi connectivity index (χ0n) is 15.7. The van der Waals surface area contributed by atoms with Gasteiger partial charge in [0.2, 0.25) is 0 Å². The molecule has 4 nitrogen and oxygen atoms in total. The van der Waals surface area contributed by atoms with Crippen LogP contribution in [0.4, 0.5) is 4.79 Å². The smallest absolute Gasteiger partial charge is 0.652 e. The maximum atomic E-state index is 8.33. The number of unbranched alkanes of at least 4 members (excludes halogenated alkanes) is 4. The van der Waals surface area contributed by atoms with Crippen LogP contribution >= 0.6 is 0 Å². The summed E-state index contributed by atoms with van der Waals surface area (Å²) in [6, 6.07) is 0. The molecule has 0 aliphatic heterocycles. The van der Waals surface area contributed by atoms with Crippen LogP contribution in [0.5, 0.6) is 0 Å². The van der Waals surface area contributed by atoms with Crippen molar-refractivity contribution in [2.24, 2.45) is 0 Å². The average molecular weight is 342 g/mol. The first-order chi connectivity index (χ1) is 9.97. The summed E-state index contributed by atoms with van der Waals surface area (Å²) in [6.45, 7) is 15.0. The molecule has 0 rings (SSSR count). The topological polar surface area (TPSA) is 63.2 Å². The van der Waals surface area contributed by atoms with Gasteiger partial charge in [-0.2, -0.15) is 0 Å². The van der Waals surface area contributed by atoms with Crippen LogP contribution in [0, 0.1) is 0 Å². The molecule has 0 atom stereocenters.